The van der Waals surface area contributed by atoms with Crippen LogP contribution < -0.4 is 10.2 Å². The number of hydrogen-bond acceptors (Lipinski definition) is 6. The average molecular weight is 522 g/mol. The lowest BCUT2D eigenvalue weighted by molar-refractivity contribution is -0.384. The Morgan fingerprint density at radius 1 is 1.11 bits per heavy atom. The highest BCUT2D eigenvalue weighted by Crippen LogP contribution is 2.36. The zero-order valence-corrected chi connectivity index (χ0v) is 21.6. The predicted octanol–water partition coefficient (Wildman–Crippen LogP) is 4.22. The first-order valence-electron chi connectivity index (χ1n) is 12.5. The van der Waals surface area contributed by atoms with E-state index in [9.17, 15) is 24.5 Å². The SMILES string of the molecule is CC1=C(C(=O)OC(C)C)C(c2cccc([N+](=O)[O-])c2)N(CCCN2CCN(c3ccccc3)C2=O)C(=O)N1. The molecule has 11 heteroatoms. The van der Waals surface area contributed by atoms with Crippen LogP contribution in [0.4, 0.5) is 21.0 Å². The van der Waals surface area contributed by atoms with Gasteiger partial charge in [-0.05, 0) is 44.9 Å². The van der Waals surface area contributed by atoms with Crippen LogP contribution in [0, 0.1) is 10.1 Å². The van der Waals surface area contributed by atoms with Crippen molar-refractivity contribution in [2.24, 2.45) is 0 Å². The Hall–Kier alpha value is -4.41. The molecule has 1 unspecified atom stereocenters. The molecule has 38 heavy (non-hydrogen) atoms. The summed E-state index contributed by atoms with van der Waals surface area (Å²) in [4.78, 5) is 55.1. The van der Waals surface area contributed by atoms with Gasteiger partial charge < -0.3 is 19.9 Å². The third-order valence-corrected chi connectivity index (χ3v) is 6.49. The fraction of sp³-hybridized carbons (Fsp3) is 0.370. The second-order valence-corrected chi connectivity index (χ2v) is 9.48. The quantitative estimate of drug-likeness (QED) is 0.299. The summed E-state index contributed by atoms with van der Waals surface area (Å²) >= 11 is 0. The maximum atomic E-state index is 13.1. The predicted molar refractivity (Wildman–Crippen MR) is 140 cm³/mol. The number of anilines is 1. The molecule has 4 rings (SSSR count). The smallest absolute Gasteiger partial charge is 0.338 e. The van der Waals surface area contributed by atoms with Gasteiger partial charge in [0.05, 0.1) is 22.6 Å². The first-order valence-corrected chi connectivity index (χ1v) is 12.5. The molecule has 2 aliphatic rings. The number of nitro benzene ring substituents is 1. The topological polar surface area (TPSA) is 125 Å². The maximum Gasteiger partial charge on any atom is 0.338 e. The average Bonchev–Trinajstić information content (AvgIpc) is 3.25. The van der Waals surface area contributed by atoms with Gasteiger partial charge >= 0.3 is 18.0 Å². The second kappa shape index (κ2) is 11.3. The van der Waals surface area contributed by atoms with Gasteiger partial charge in [-0.3, -0.25) is 15.0 Å². The van der Waals surface area contributed by atoms with Gasteiger partial charge in [0.2, 0.25) is 0 Å². The molecule has 200 valence electrons. The Bertz CT molecular complexity index is 1260. The minimum atomic E-state index is -0.884. The summed E-state index contributed by atoms with van der Waals surface area (Å²) in [5.74, 6) is -0.604. The monoisotopic (exact) mass is 521 g/mol. The zero-order chi connectivity index (χ0) is 27.4. The molecular formula is C27H31N5O6. The summed E-state index contributed by atoms with van der Waals surface area (Å²) in [6.07, 6.45) is 0.0482. The zero-order valence-electron chi connectivity index (χ0n) is 21.6. The molecule has 0 spiro atoms. The molecule has 1 saturated heterocycles. The number of carbonyl (C=O) groups excluding carboxylic acids is 3. The molecule has 4 amide bonds. The summed E-state index contributed by atoms with van der Waals surface area (Å²) in [6.45, 7) is 6.79. The Morgan fingerprint density at radius 2 is 1.84 bits per heavy atom. The number of rotatable bonds is 9. The molecule has 0 radical (unpaired) electrons. The van der Waals surface area contributed by atoms with Gasteiger partial charge in [0, 0.05) is 49.7 Å². The van der Waals surface area contributed by atoms with Gasteiger partial charge in [-0.25, -0.2) is 14.4 Å². The van der Waals surface area contributed by atoms with Crippen molar-refractivity contribution in [3.63, 3.8) is 0 Å². The molecule has 2 aromatic carbocycles. The lowest BCUT2D eigenvalue weighted by atomic mass is 9.93. The van der Waals surface area contributed by atoms with Crippen LogP contribution in [0.5, 0.6) is 0 Å². The minimum absolute atomic E-state index is 0.105. The van der Waals surface area contributed by atoms with Crippen molar-refractivity contribution in [1.29, 1.82) is 0 Å². The first-order chi connectivity index (χ1) is 18.2. The number of nitrogens with zero attached hydrogens (tertiary/aromatic N) is 4. The molecule has 1 N–H and O–H groups in total. The van der Waals surface area contributed by atoms with E-state index in [0.717, 1.165) is 5.69 Å². The summed E-state index contributed by atoms with van der Waals surface area (Å²) in [5.41, 5.74) is 1.66. The van der Waals surface area contributed by atoms with Crippen LogP contribution in [0.15, 0.2) is 65.9 Å². The van der Waals surface area contributed by atoms with Crippen molar-refractivity contribution in [3.8, 4) is 0 Å². The van der Waals surface area contributed by atoms with Crippen molar-refractivity contribution >= 4 is 29.4 Å². The van der Waals surface area contributed by atoms with Crippen LogP contribution in [0.25, 0.3) is 0 Å². The number of ether oxygens (including phenoxy) is 1. The lowest BCUT2D eigenvalue weighted by Crippen LogP contribution is -2.49. The van der Waals surface area contributed by atoms with Crippen molar-refractivity contribution in [2.45, 2.75) is 39.3 Å². The van der Waals surface area contributed by atoms with Gasteiger partial charge in [0.15, 0.2) is 0 Å². The van der Waals surface area contributed by atoms with E-state index in [1.807, 2.05) is 30.3 Å². The molecule has 0 bridgehead atoms. The number of nitrogens with one attached hydrogen (secondary N) is 1. The second-order valence-electron chi connectivity index (χ2n) is 9.48. The molecule has 1 fully saturated rings. The van der Waals surface area contributed by atoms with Crippen LogP contribution in [-0.2, 0) is 9.53 Å². The van der Waals surface area contributed by atoms with Crippen molar-refractivity contribution in [3.05, 3.63) is 81.5 Å². The molecule has 0 aromatic heterocycles. The molecule has 2 heterocycles. The van der Waals surface area contributed by atoms with Gasteiger partial charge in [0.1, 0.15) is 0 Å². The van der Waals surface area contributed by atoms with Crippen LogP contribution in [0.2, 0.25) is 0 Å². The molecule has 2 aromatic rings. The fourth-order valence-corrected chi connectivity index (χ4v) is 4.78. The highest BCUT2D eigenvalue weighted by atomic mass is 16.6. The van der Waals surface area contributed by atoms with Gasteiger partial charge in [-0.15, -0.1) is 0 Å². The summed E-state index contributed by atoms with van der Waals surface area (Å²) < 4.78 is 5.46. The minimum Gasteiger partial charge on any atom is -0.459 e. The fourth-order valence-electron chi connectivity index (χ4n) is 4.78. The number of esters is 1. The van der Waals surface area contributed by atoms with E-state index in [2.05, 4.69) is 5.32 Å². The number of benzene rings is 2. The number of urea groups is 2. The molecule has 2 aliphatic heterocycles. The van der Waals surface area contributed by atoms with E-state index in [4.69, 9.17) is 4.74 Å². The summed E-state index contributed by atoms with van der Waals surface area (Å²) in [5, 5.41) is 14.2. The van der Waals surface area contributed by atoms with Gasteiger partial charge in [-0.1, -0.05) is 30.3 Å². The number of hydrogen-bond donors (Lipinski definition) is 1. The van der Waals surface area contributed by atoms with Gasteiger partial charge in [-0.2, -0.15) is 0 Å². The number of nitro groups is 1. The van der Waals surface area contributed by atoms with Crippen molar-refractivity contribution < 1.29 is 24.0 Å². The Balaban J connectivity index is 1.56. The van der Waals surface area contributed by atoms with E-state index >= 15 is 0 Å². The van der Waals surface area contributed by atoms with E-state index < -0.39 is 29.1 Å². The summed E-state index contributed by atoms with van der Waals surface area (Å²) in [7, 11) is 0. The van der Waals surface area contributed by atoms with Crippen LogP contribution in [-0.4, -0.2) is 65.0 Å². The third-order valence-electron chi connectivity index (χ3n) is 6.49. The van der Waals surface area contributed by atoms with E-state index in [-0.39, 0.29) is 23.8 Å². The Labute approximate surface area is 220 Å². The maximum absolute atomic E-state index is 13.1. The van der Waals surface area contributed by atoms with E-state index in [1.165, 1.54) is 23.1 Å². The number of allylic oxidation sites excluding steroid dienone is 1. The Morgan fingerprint density at radius 3 is 2.53 bits per heavy atom. The van der Waals surface area contributed by atoms with Crippen LogP contribution >= 0.6 is 0 Å². The largest absolute Gasteiger partial charge is 0.459 e. The number of amides is 4. The molecule has 11 nitrogen and oxygen atoms in total. The van der Waals surface area contributed by atoms with Gasteiger partial charge in [0.25, 0.3) is 5.69 Å². The lowest BCUT2D eigenvalue weighted by Gasteiger charge is -2.38. The molecule has 0 saturated carbocycles. The standard InChI is InChI=1S/C27H31N5O6/c1-18(2)38-25(33)23-19(3)28-26(34)31(24(23)20-9-7-12-22(17-20)32(36)37)14-8-13-29-15-16-30(27(29)35)21-10-5-4-6-11-21/h4-7,9-12,17-18,24H,8,13-16H2,1-3H3,(H,28,34). The number of non-ortho nitro benzene ring substituents is 1. The summed E-state index contributed by atoms with van der Waals surface area (Å²) in [6, 6.07) is 13.9. The normalized spacial score (nSPS) is 17.8. The highest BCUT2D eigenvalue weighted by molar-refractivity contribution is 5.95. The molecule has 0 aliphatic carbocycles. The van der Waals surface area contributed by atoms with Crippen molar-refractivity contribution in [2.75, 3.05) is 31.1 Å². The number of carbonyl (C=O) groups is 3. The molecular weight excluding hydrogens is 490 g/mol. The van der Waals surface area contributed by atoms with E-state index in [1.54, 1.807) is 36.6 Å². The Kier molecular flexibility index (Phi) is 7.94. The van der Waals surface area contributed by atoms with Crippen LogP contribution in [0.1, 0.15) is 38.8 Å². The number of para-hydroxylation sites is 1. The van der Waals surface area contributed by atoms with E-state index in [0.29, 0.717) is 37.3 Å². The third kappa shape index (κ3) is 5.61. The van der Waals surface area contributed by atoms with Crippen LogP contribution in [0.3, 0.4) is 0 Å². The molecule has 1 atom stereocenters. The highest BCUT2D eigenvalue weighted by Gasteiger charge is 2.39. The van der Waals surface area contributed by atoms with Crippen molar-refractivity contribution in [1.82, 2.24) is 15.1 Å². The first kappa shape index (κ1) is 26.6.